The van der Waals surface area contributed by atoms with Crippen LogP contribution < -0.4 is 10.6 Å². The zero-order valence-corrected chi connectivity index (χ0v) is 17.5. The van der Waals surface area contributed by atoms with E-state index >= 15 is 0 Å². The Kier molecular flexibility index (Phi) is 8.87. The summed E-state index contributed by atoms with van der Waals surface area (Å²) < 4.78 is 26.4. The third-order valence-corrected chi connectivity index (χ3v) is 6.41. The molecule has 0 saturated carbocycles. The topological polar surface area (TPSA) is 103 Å². The standard InChI is InChI=1S/C18H30N4O4S/c1-6-22(7-2)27(25,26)16-10-8-15(9-11-16)14(3)19-12-17(23)20-13-18(24)21(4)5/h8-11,14,19H,6-7,12-13H2,1-5H3,(H,20,23)/p+1/t14-/m0/s1. The fourth-order valence-corrected chi connectivity index (χ4v) is 3.94. The molecule has 0 bridgehead atoms. The Balaban J connectivity index is 2.63. The third kappa shape index (κ3) is 6.60. The smallest absolute Gasteiger partial charge is 0.275 e. The van der Waals surface area contributed by atoms with Crippen LogP contribution in [0, 0.1) is 0 Å². The molecule has 0 radical (unpaired) electrons. The molecule has 0 aliphatic carbocycles. The predicted octanol–water partition coefficient (Wildman–Crippen LogP) is -0.454. The van der Waals surface area contributed by atoms with Crippen LogP contribution in [0.5, 0.6) is 0 Å². The fraction of sp³-hybridized carbons (Fsp3) is 0.556. The lowest BCUT2D eigenvalue weighted by Crippen LogP contribution is -2.87. The summed E-state index contributed by atoms with van der Waals surface area (Å²) in [7, 11) is -0.205. The lowest BCUT2D eigenvalue weighted by molar-refractivity contribution is -0.682. The highest BCUT2D eigenvalue weighted by molar-refractivity contribution is 7.89. The van der Waals surface area contributed by atoms with Crippen LogP contribution in [0.1, 0.15) is 32.4 Å². The molecule has 0 heterocycles. The molecule has 0 unspecified atom stereocenters. The summed E-state index contributed by atoms with van der Waals surface area (Å²) in [6, 6.07) is 6.72. The van der Waals surface area contributed by atoms with Crippen molar-refractivity contribution < 1.29 is 23.3 Å². The van der Waals surface area contributed by atoms with Crippen LogP contribution in [0.4, 0.5) is 0 Å². The number of hydrogen-bond acceptors (Lipinski definition) is 4. The van der Waals surface area contributed by atoms with Gasteiger partial charge < -0.3 is 15.5 Å². The number of hydrogen-bond donors (Lipinski definition) is 2. The Morgan fingerprint density at radius 1 is 1.11 bits per heavy atom. The van der Waals surface area contributed by atoms with Crippen molar-refractivity contribution >= 4 is 21.8 Å². The number of nitrogens with two attached hydrogens (primary N) is 1. The number of rotatable bonds is 10. The summed E-state index contributed by atoms with van der Waals surface area (Å²) in [4.78, 5) is 25.0. The maximum Gasteiger partial charge on any atom is 0.275 e. The summed E-state index contributed by atoms with van der Waals surface area (Å²) in [6.45, 7) is 6.57. The number of quaternary nitrogens is 1. The molecule has 2 amide bonds. The van der Waals surface area contributed by atoms with Crippen molar-refractivity contribution in [2.75, 3.05) is 40.3 Å². The second-order valence-electron chi connectivity index (χ2n) is 6.45. The molecule has 0 spiro atoms. The molecule has 3 N–H and O–H groups in total. The van der Waals surface area contributed by atoms with Gasteiger partial charge in [-0.2, -0.15) is 4.31 Å². The van der Waals surface area contributed by atoms with Crippen molar-refractivity contribution in [3.63, 3.8) is 0 Å². The van der Waals surface area contributed by atoms with E-state index in [1.54, 1.807) is 38.4 Å². The Morgan fingerprint density at radius 3 is 2.15 bits per heavy atom. The van der Waals surface area contributed by atoms with Crippen molar-refractivity contribution in [2.24, 2.45) is 0 Å². The van der Waals surface area contributed by atoms with Crippen molar-refractivity contribution in [1.82, 2.24) is 14.5 Å². The molecular weight excluding hydrogens is 368 g/mol. The van der Waals surface area contributed by atoms with Crippen LogP contribution in [-0.2, 0) is 19.6 Å². The lowest BCUT2D eigenvalue weighted by Gasteiger charge is -2.19. The minimum atomic E-state index is -3.47. The van der Waals surface area contributed by atoms with E-state index < -0.39 is 10.0 Å². The highest BCUT2D eigenvalue weighted by Crippen LogP contribution is 2.18. The van der Waals surface area contributed by atoms with Crippen LogP contribution in [0.25, 0.3) is 0 Å². The Hall–Kier alpha value is -1.97. The van der Waals surface area contributed by atoms with Gasteiger partial charge in [0.05, 0.1) is 11.4 Å². The maximum atomic E-state index is 12.5. The molecule has 1 rings (SSSR count). The van der Waals surface area contributed by atoms with E-state index in [1.165, 1.54) is 9.21 Å². The summed E-state index contributed by atoms with van der Waals surface area (Å²) in [5, 5.41) is 4.42. The quantitative estimate of drug-likeness (QED) is 0.556. The highest BCUT2D eigenvalue weighted by Gasteiger charge is 2.22. The number of sulfonamides is 1. The molecule has 0 fully saturated rings. The van der Waals surface area contributed by atoms with E-state index in [9.17, 15) is 18.0 Å². The summed E-state index contributed by atoms with van der Waals surface area (Å²) >= 11 is 0. The molecule has 9 heteroatoms. The van der Waals surface area contributed by atoms with Gasteiger partial charge in [-0.1, -0.05) is 26.0 Å². The first-order chi connectivity index (χ1) is 12.6. The minimum absolute atomic E-state index is 0.0219. The number of carbonyl (C=O) groups excluding carboxylic acids is 2. The fourth-order valence-electron chi connectivity index (χ4n) is 2.48. The molecule has 0 aromatic heterocycles. The van der Waals surface area contributed by atoms with Crippen LogP contribution in [0.15, 0.2) is 29.2 Å². The molecule has 0 aliphatic heterocycles. The van der Waals surface area contributed by atoms with Gasteiger partial charge in [0.15, 0.2) is 6.54 Å². The minimum Gasteiger partial charge on any atom is -0.347 e. The largest absolute Gasteiger partial charge is 0.347 e. The summed E-state index contributed by atoms with van der Waals surface area (Å²) in [6.07, 6.45) is 0. The van der Waals surface area contributed by atoms with Crippen LogP contribution in [-0.4, -0.2) is 69.7 Å². The monoisotopic (exact) mass is 399 g/mol. The van der Waals surface area contributed by atoms with Crippen LogP contribution >= 0.6 is 0 Å². The van der Waals surface area contributed by atoms with Gasteiger partial charge in [0.1, 0.15) is 6.04 Å². The first-order valence-corrected chi connectivity index (χ1v) is 10.5. The highest BCUT2D eigenvalue weighted by atomic mass is 32.2. The van der Waals surface area contributed by atoms with Gasteiger partial charge in [0, 0.05) is 32.7 Å². The SMILES string of the molecule is CCN(CC)S(=O)(=O)c1ccc([C@H](C)[NH2+]CC(=O)NCC(=O)N(C)C)cc1. The average Bonchev–Trinajstić information content (AvgIpc) is 2.64. The van der Waals surface area contributed by atoms with Gasteiger partial charge in [-0.25, -0.2) is 8.42 Å². The molecular formula is C18H31N4O4S+. The van der Waals surface area contributed by atoms with E-state index in [4.69, 9.17) is 0 Å². The van der Waals surface area contributed by atoms with E-state index in [2.05, 4.69) is 5.32 Å². The third-order valence-electron chi connectivity index (χ3n) is 4.34. The summed E-state index contributed by atoms with van der Waals surface area (Å²) in [5.41, 5.74) is 0.922. The zero-order chi connectivity index (χ0) is 20.6. The van der Waals surface area contributed by atoms with Gasteiger partial charge in [-0.3, -0.25) is 9.59 Å². The lowest BCUT2D eigenvalue weighted by atomic mass is 10.1. The molecule has 8 nitrogen and oxygen atoms in total. The number of nitrogens with one attached hydrogen (secondary N) is 1. The normalized spacial score (nSPS) is 12.7. The Labute approximate surface area is 162 Å². The zero-order valence-electron chi connectivity index (χ0n) is 16.7. The molecule has 1 atom stereocenters. The predicted molar refractivity (Wildman–Crippen MR) is 103 cm³/mol. The molecule has 0 aliphatic rings. The van der Waals surface area contributed by atoms with E-state index in [-0.39, 0.29) is 35.8 Å². The van der Waals surface area contributed by atoms with Crippen molar-refractivity contribution in [1.29, 1.82) is 0 Å². The van der Waals surface area contributed by atoms with Crippen molar-refractivity contribution in [2.45, 2.75) is 31.7 Å². The van der Waals surface area contributed by atoms with Crippen LogP contribution in [0.3, 0.4) is 0 Å². The van der Waals surface area contributed by atoms with E-state index in [1.807, 2.05) is 26.1 Å². The van der Waals surface area contributed by atoms with Crippen molar-refractivity contribution in [3.05, 3.63) is 29.8 Å². The van der Waals surface area contributed by atoms with Gasteiger partial charge >= 0.3 is 0 Å². The Morgan fingerprint density at radius 2 is 1.67 bits per heavy atom. The van der Waals surface area contributed by atoms with Gasteiger partial charge in [-0.05, 0) is 19.1 Å². The first-order valence-electron chi connectivity index (χ1n) is 9.03. The number of likely N-dealkylation sites (N-methyl/N-ethyl adjacent to an activating group) is 1. The van der Waals surface area contributed by atoms with E-state index in [0.717, 1.165) is 5.56 Å². The first kappa shape index (κ1) is 23.1. The molecule has 27 heavy (non-hydrogen) atoms. The molecule has 152 valence electrons. The summed E-state index contributed by atoms with van der Waals surface area (Å²) in [5.74, 6) is -0.390. The maximum absolute atomic E-state index is 12.5. The molecule has 1 aromatic carbocycles. The molecule has 0 saturated heterocycles. The van der Waals surface area contributed by atoms with Gasteiger partial charge in [0.25, 0.3) is 5.91 Å². The number of carbonyl (C=O) groups is 2. The number of amides is 2. The van der Waals surface area contributed by atoms with Gasteiger partial charge in [-0.15, -0.1) is 0 Å². The number of benzene rings is 1. The molecule has 1 aromatic rings. The van der Waals surface area contributed by atoms with E-state index in [0.29, 0.717) is 13.1 Å². The number of nitrogens with zero attached hydrogens (tertiary/aromatic N) is 2. The van der Waals surface area contributed by atoms with Gasteiger partial charge in [0.2, 0.25) is 15.9 Å². The van der Waals surface area contributed by atoms with Crippen molar-refractivity contribution in [3.8, 4) is 0 Å². The average molecular weight is 400 g/mol. The second-order valence-corrected chi connectivity index (χ2v) is 8.39. The Bertz CT molecular complexity index is 728. The second kappa shape index (κ2) is 10.4. The van der Waals surface area contributed by atoms with Crippen LogP contribution in [0.2, 0.25) is 0 Å².